The highest BCUT2D eigenvalue weighted by molar-refractivity contribution is 8.18. The molecule has 2 heterocycles. The van der Waals surface area contributed by atoms with Crippen LogP contribution in [0.1, 0.15) is 37.5 Å². The van der Waals surface area contributed by atoms with Crippen molar-refractivity contribution >= 4 is 51.8 Å². The van der Waals surface area contributed by atoms with Crippen molar-refractivity contribution in [2.75, 3.05) is 19.1 Å². The lowest BCUT2D eigenvalue weighted by atomic mass is 9.88. The van der Waals surface area contributed by atoms with Crippen LogP contribution in [-0.4, -0.2) is 35.7 Å². The molecule has 7 heteroatoms. The van der Waals surface area contributed by atoms with Crippen molar-refractivity contribution in [3.8, 4) is 5.75 Å². The highest BCUT2D eigenvalue weighted by Crippen LogP contribution is 2.43. The Bertz CT molecular complexity index is 1170. The predicted molar refractivity (Wildman–Crippen MR) is 132 cm³/mol. The van der Waals surface area contributed by atoms with Gasteiger partial charge >= 0.3 is 0 Å². The minimum absolute atomic E-state index is 0.117. The van der Waals surface area contributed by atoms with Crippen LogP contribution in [0.15, 0.2) is 47.4 Å². The zero-order valence-electron chi connectivity index (χ0n) is 18.7. The maximum absolute atomic E-state index is 13.0. The Morgan fingerprint density at radius 1 is 1.16 bits per heavy atom. The highest BCUT2D eigenvalue weighted by Gasteiger charge is 2.35. The molecule has 0 aromatic heterocycles. The molecule has 1 saturated heterocycles. The molecule has 1 fully saturated rings. The quantitative estimate of drug-likeness (QED) is 0.499. The number of nitrogens with zero attached hydrogens (tertiary/aromatic N) is 2. The summed E-state index contributed by atoms with van der Waals surface area (Å²) in [6.07, 6.45) is 3.98. The summed E-state index contributed by atoms with van der Waals surface area (Å²) >= 11 is 6.88. The molecule has 0 aliphatic carbocycles. The lowest BCUT2D eigenvalue weighted by Gasteiger charge is -2.41. The molecule has 32 heavy (non-hydrogen) atoms. The van der Waals surface area contributed by atoms with Crippen LogP contribution in [-0.2, 0) is 11.3 Å². The molecule has 0 N–H and O–H groups in total. The molecule has 0 radical (unpaired) electrons. The number of benzene rings is 2. The second-order valence-electron chi connectivity index (χ2n) is 8.55. The molecule has 5 nitrogen and oxygen atoms in total. The maximum atomic E-state index is 13.0. The molecule has 0 atom stereocenters. The van der Waals surface area contributed by atoms with Gasteiger partial charge in [0.1, 0.15) is 5.75 Å². The first-order valence-electron chi connectivity index (χ1n) is 10.3. The molecule has 0 spiro atoms. The molecular formula is C25H25ClN2O3S. The molecule has 4 rings (SSSR count). The highest BCUT2D eigenvalue weighted by atomic mass is 35.5. The number of hydrogen-bond acceptors (Lipinski definition) is 5. The fourth-order valence-corrected chi connectivity index (χ4v) is 4.99. The minimum Gasteiger partial charge on any atom is -0.496 e. The summed E-state index contributed by atoms with van der Waals surface area (Å²) in [5, 5.41) is 0.325. The van der Waals surface area contributed by atoms with Crippen LogP contribution in [0.25, 0.3) is 11.6 Å². The average Bonchev–Trinajstić information content (AvgIpc) is 3.00. The number of likely N-dealkylation sites (N-methyl/N-ethyl adjacent to an activating group) is 1. The fourth-order valence-electron chi connectivity index (χ4n) is 4.03. The van der Waals surface area contributed by atoms with Crippen LogP contribution >= 0.6 is 23.4 Å². The van der Waals surface area contributed by atoms with Gasteiger partial charge in [0.05, 0.1) is 24.1 Å². The second-order valence-corrected chi connectivity index (χ2v) is 9.98. The Kier molecular flexibility index (Phi) is 5.86. The number of imide groups is 1. The van der Waals surface area contributed by atoms with Crippen molar-refractivity contribution in [2.24, 2.45) is 0 Å². The first-order chi connectivity index (χ1) is 15.1. The molecule has 2 aromatic rings. The Balaban J connectivity index is 1.68. The van der Waals surface area contributed by atoms with E-state index in [9.17, 15) is 9.59 Å². The van der Waals surface area contributed by atoms with Crippen molar-refractivity contribution in [2.45, 2.75) is 32.9 Å². The molecular weight excluding hydrogens is 444 g/mol. The number of amides is 2. The monoisotopic (exact) mass is 468 g/mol. The SMILES string of the molecule is COc1cc2c(cc1/C=C1/SC(=O)N(Cc3ccc(Cl)cc3)C1=O)C(C)=CC(C)(C)N2C. The van der Waals surface area contributed by atoms with Gasteiger partial charge in [-0.3, -0.25) is 14.5 Å². The van der Waals surface area contributed by atoms with Gasteiger partial charge in [-0.1, -0.05) is 29.8 Å². The van der Waals surface area contributed by atoms with Crippen LogP contribution in [0.5, 0.6) is 5.75 Å². The average molecular weight is 469 g/mol. The molecule has 2 aliphatic heterocycles. The van der Waals surface area contributed by atoms with Crippen LogP contribution in [0.4, 0.5) is 10.5 Å². The van der Waals surface area contributed by atoms with Gasteiger partial charge in [0.15, 0.2) is 0 Å². The standard InChI is InChI=1S/C25H25ClN2O3S/c1-15-13-25(2,3)27(4)20-12-21(31-5)17(10-19(15)20)11-22-23(29)28(24(30)32-22)14-16-6-8-18(26)9-7-16/h6-13H,14H2,1-5H3/b22-11+. The maximum Gasteiger partial charge on any atom is 0.293 e. The molecule has 2 aromatic carbocycles. The normalized spacial score (nSPS) is 18.8. The van der Waals surface area contributed by atoms with Crippen molar-refractivity contribution in [3.63, 3.8) is 0 Å². The van der Waals surface area contributed by atoms with E-state index in [1.165, 1.54) is 4.90 Å². The van der Waals surface area contributed by atoms with Gasteiger partial charge in [-0.2, -0.15) is 0 Å². The molecule has 2 amide bonds. The number of thioether (sulfide) groups is 1. The van der Waals surface area contributed by atoms with E-state index in [1.54, 1.807) is 25.3 Å². The number of carbonyl (C=O) groups excluding carboxylic acids is 2. The summed E-state index contributed by atoms with van der Waals surface area (Å²) < 4.78 is 5.65. The van der Waals surface area contributed by atoms with Gasteiger partial charge in [-0.15, -0.1) is 0 Å². The Labute approximate surface area is 197 Å². The first kappa shape index (κ1) is 22.5. The zero-order chi connectivity index (χ0) is 23.2. The van der Waals surface area contributed by atoms with E-state index >= 15 is 0 Å². The van der Waals surface area contributed by atoms with Crippen molar-refractivity contribution in [1.29, 1.82) is 0 Å². The summed E-state index contributed by atoms with van der Waals surface area (Å²) in [4.78, 5) is 29.4. The lowest BCUT2D eigenvalue weighted by Crippen LogP contribution is -2.42. The largest absolute Gasteiger partial charge is 0.496 e. The van der Waals surface area contributed by atoms with Crippen molar-refractivity contribution < 1.29 is 14.3 Å². The van der Waals surface area contributed by atoms with Gasteiger partial charge < -0.3 is 9.64 Å². The van der Waals surface area contributed by atoms with E-state index in [2.05, 4.69) is 38.8 Å². The number of carbonyl (C=O) groups is 2. The van der Waals surface area contributed by atoms with E-state index in [1.807, 2.05) is 24.3 Å². The number of allylic oxidation sites excluding steroid dienone is 1. The van der Waals surface area contributed by atoms with Crippen LogP contribution in [0.2, 0.25) is 5.02 Å². The number of methoxy groups -OCH3 is 1. The van der Waals surface area contributed by atoms with E-state index in [-0.39, 0.29) is 23.2 Å². The third-order valence-corrected chi connectivity index (χ3v) is 7.14. The Morgan fingerprint density at radius 2 is 1.84 bits per heavy atom. The topological polar surface area (TPSA) is 49.9 Å². The first-order valence-corrected chi connectivity index (χ1v) is 11.5. The van der Waals surface area contributed by atoms with Gasteiger partial charge in [0, 0.05) is 35.0 Å². The summed E-state index contributed by atoms with van der Waals surface area (Å²) in [5.41, 5.74) is 4.81. The number of hydrogen-bond donors (Lipinski definition) is 0. The number of rotatable bonds is 4. The van der Waals surface area contributed by atoms with Crippen molar-refractivity contribution in [1.82, 2.24) is 4.90 Å². The van der Waals surface area contributed by atoms with Crippen LogP contribution < -0.4 is 9.64 Å². The minimum atomic E-state index is -0.305. The van der Waals surface area contributed by atoms with Gasteiger partial charge in [-0.05, 0) is 67.9 Å². The predicted octanol–water partition coefficient (Wildman–Crippen LogP) is 6.22. The fraction of sp³-hybridized carbons (Fsp3) is 0.280. The van der Waals surface area contributed by atoms with Crippen LogP contribution in [0, 0.1) is 0 Å². The number of fused-ring (bicyclic) bond motifs is 1. The molecule has 166 valence electrons. The zero-order valence-corrected chi connectivity index (χ0v) is 20.3. The van der Waals surface area contributed by atoms with Gasteiger partial charge in [0.25, 0.3) is 11.1 Å². The van der Waals surface area contributed by atoms with E-state index < -0.39 is 0 Å². The third-order valence-electron chi connectivity index (χ3n) is 5.98. The molecule has 2 aliphatic rings. The second kappa shape index (κ2) is 8.34. The van der Waals surface area contributed by atoms with Crippen molar-refractivity contribution in [3.05, 3.63) is 69.1 Å². The Morgan fingerprint density at radius 3 is 2.50 bits per heavy atom. The number of halogens is 1. The van der Waals surface area contributed by atoms with Gasteiger partial charge in [-0.25, -0.2) is 0 Å². The number of anilines is 1. The lowest BCUT2D eigenvalue weighted by molar-refractivity contribution is -0.123. The third kappa shape index (κ3) is 4.05. The number of ether oxygens (including phenoxy) is 1. The van der Waals surface area contributed by atoms with Crippen LogP contribution in [0.3, 0.4) is 0 Å². The smallest absolute Gasteiger partial charge is 0.293 e. The van der Waals surface area contributed by atoms with E-state index in [4.69, 9.17) is 16.3 Å². The van der Waals surface area contributed by atoms with E-state index in [0.29, 0.717) is 15.7 Å². The van der Waals surface area contributed by atoms with Gasteiger partial charge in [0.2, 0.25) is 0 Å². The summed E-state index contributed by atoms with van der Waals surface area (Å²) in [6, 6.07) is 11.1. The molecule has 0 saturated carbocycles. The summed E-state index contributed by atoms with van der Waals surface area (Å²) in [5.74, 6) is 0.353. The Hall–Kier alpha value is -2.70. The summed E-state index contributed by atoms with van der Waals surface area (Å²) in [6.45, 7) is 6.62. The molecule has 0 unspecified atom stereocenters. The molecule has 0 bridgehead atoms. The summed E-state index contributed by atoms with van der Waals surface area (Å²) in [7, 11) is 3.67. The van der Waals surface area contributed by atoms with E-state index in [0.717, 1.165) is 39.7 Å².